The maximum Gasteiger partial charge on any atom is 0.228 e. The van der Waals surface area contributed by atoms with E-state index in [4.69, 9.17) is 4.74 Å². The molecular weight excluding hydrogens is 491 g/mol. The van der Waals surface area contributed by atoms with Gasteiger partial charge in [-0.25, -0.2) is 23.6 Å². The first-order valence-electron chi connectivity index (χ1n) is 12.2. The SMILES string of the molecule is CSN1CCN(c2ccc(Nc3ncc(C#N)c(-c4cc(F)c5c(c4)N(C(C)C)CCO5)n3)nc2)CC1. The Hall–Kier alpha value is -3.62. The minimum absolute atomic E-state index is 0.166. The Bertz CT molecular complexity index is 1310. The number of hydrogen-bond acceptors (Lipinski definition) is 10. The van der Waals surface area contributed by atoms with E-state index in [0.29, 0.717) is 35.9 Å². The molecule has 4 heterocycles. The summed E-state index contributed by atoms with van der Waals surface area (Å²) < 4.78 is 23.0. The lowest BCUT2D eigenvalue weighted by Crippen LogP contribution is -2.43. The van der Waals surface area contributed by atoms with Crippen LogP contribution in [0.1, 0.15) is 19.4 Å². The minimum Gasteiger partial charge on any atom is -0.486 e. The maximum absolute atomic E-state index is 15.1. The number of ether oxygens (including phenoxy) is 1. The molecule has 0 spiro atoms. The van der Waals surface area contributed by atoms with E-state index in [2.05, 4.69) is 60.5 Å². The highest BCUT2D eigenvalue weighted by Crippen LogP contribution is 2.39. The van der Waals surface area contributed by atoms with Gasteiger partial charge in [0.25, 0.3) is 0 Å². The van der Waals surface area contributed by atoms with Crippen LogP contribution < -0.4 is 19.9 Å². The van der Waals surface area contributed by atoms with Crippen molar-refractivity contribution in [1.29, 1.82) is 5.26 Å². The van der Waals surface area contributed by atoms with Crippen molar-refractivity contribution < 1.29 is 9.13 Å². The molecular formula is C26H29FN8OS. The van der Waals surface area contributed by atoms with E-state index >= 15 is 4.39 Å². The smallest absolute Gasteiger partial charge is 0.228 e. The zero-order valence-electron chi connectivity index (χ0n) is 21.1. The molecule has 2 aliphatic rings. The molecule has 192 valence electrons. The van der Waals surface area contributed by atoms with Crippen LogP contribution in [0.5, 0.6) is 5.75 Å². The lowest BCUT2D eigenvalue weighted by Gasteiger charge is -2.34. The number of nitriles is 1. The zero-order valence-corrected chi connectivity index (χ0v) is 21.9. The Labute approximate surface area is 220 Å². The second-order valence-electron chi connectivity index (χ2n) is 9.13. The number of fused-ring (bicyclic) bond motifs is 1. The van der Waals surface area contributed by atoms with Crippen LogP contribution in [0.15, 0.2) is 36.7 Å². The van der Waals surface area contributed by atoms with Gasteiger partial charge in [0, 0.05) is 37.8 Å². The van der Waals surface area contributed by atoms with Gasteiger partial charge in [-0.15, -0.1) is 0 Å². The predicted molar refractivity (Wildman–Crippen MR) is 145 cm³/mol. The van der Waals surface area contributed by atoms with Crippen molar-refractivity contribution in [3.63, 3.8) is 0 Å². The van der Waals surface area contributed by atoms with Crippen LogP contribution in [0.2, 0.25) is 0 Å². The third-order valence-electron chi connectivity index (χ3n) is 6.57. The number of nitrogens with zero attached hydrogens (tertiary/aromatic N) is 7. The number of anilines is 4. The Morgan fingerprint density at radius 3 is 2.59 bits per heavy atom. The molecule has 0 radical (unpaired) electrons. The van der Waals surface area contributed by atoms with Gasteiger partial charge < -0.3 is 19.9 Å². The number of aromatic nitrogens is 3. The van der Waals surface area contributed by atoms with Crippen molar-refractivity contribution in [2.24, 2.45) is 0 Å². The fraction of sp³-hybridized carbons (Fsp3) is 0.385. The predicted octanol–water partition coefficient (Wildman–Crippen LogP) is 4.30. The van der Waals surface area contributed by atoms with Crippen molar-refractivity contribution >= 4 is 35.1 Å². The third kappa shape index (κ3) is 5.26. The van der Waals surface area contributed by atoms with E-state index in [1.165, 1.54) is 12.3 Å². The van der Waals surface area contributed by atoms with Crippen molar-refractivity contribution in [3.8, 4) is 23.1 Å². The summed E-state index contributed by atoms with van der Waals surface area (Å²) in [5.41, 5.74) is 2.81. The molecule has 0 atom stereocenters. The van der Waals surface area contributed by atoms with Gasteiger partial charge in [-0.2, -0.15) is 5.26 Å². The summed E-state index contributed by atoms with van der Waals surface area (Å²) in [5, 5.41) is 12.8. The quantitative estimate of drug-likeness (QED) is 0.474. The van der Waals surface area contributed by atoms with Crippen LogP contribution in [0, 0.1) is 17.1 Å². The summed E-state index contributed by atoms with van der Waals surface area (Å²) in [7, 11) is 0. The Morgan fingerprint density at radius 1 is 1.11 bits per heavy atom. The van der Waals surface area contributed by atoms with E-state index in [9.17, 15) is 5.26 Å². The fourth-order valence-electron chi connectivity index (χ4n) is 4.61. The maximum atomic E-state index is 15.1. The molecule has 3 aromatic rings. The third-order valence-corrected chi connectivity index (χ3v) is 7.45. The van der Waals surface area contributed by atoms with Crippen molar-refractivity contribution in [2.45, 2.75) is 19.9 Å². The number of pyridine rings is 1. The van der Waals surface area contributed by atoms with E-state index in [1.54, 1.807) is 11.9 Å². The first-order valence-corrected chi connectivity index (χ1v) is 13.4. The molecule has 1 saturated heterocycles. The standard InChI is InChI=1S/C26H29FN8OS/c1-17(2)35-10-11-36-25-21(27)12-18(13-22(25)35)24-19(14-28)15-30-26(32-24)31-23-5-4-20(16-29-23)33-6-8-34(37-3)9-7-33/h4-5,12-13,15-17H,6-11H2,1-3H3,(H,29,30,31,32). The second-order valence-corrected chi connectivity index (χ2v) is 10.0. The summed E-state index contributed by atoms with van der Waals surface area (Å²) in [6, 6.07) is 9.38. The molecule has 5 rings (SSSR count). The van der Waals surface area contributed by atoms with Gasteiger partial charge in [-0.3, -0.25) is 0 Å². The number of benzene rings is 1. The van der Waals surface area contributed by atoms with Crippen LogP contribution in [-0.2, 0) is 0 Å². The molecule has 0 aliphatic carbocycles. The molecule has 2 aromatic heterocycles. The number of halogens is 1. The van der Waals surface area contributed by atoms with Crippen LogP contribution in [0.4, 0.5) is 27.5 Å². The highest BCUT2D eigenvalue weighted by Gasteiger charge is 2.26. The molecule has 1 aromatic carbocycles. The van der Waals surface area contributed by atoms with Crippen molar-refractivity contribution in [1.82, 2.24) is 19.3 Å². The van der Waals surface area contributed by atoms with E-state index in [1.807, 2.05) is 24.4 Å². The average molecular weight is 521 g/mol. The molecule has 37 heavy (non-hydrogen) atoms. The van der Waals surface area contributed by atoms with Gasteiger partial charge in [0.05, 0.1) is 41.6 Å². The first kappa shape index (κ1) is 25.0. The highest BCUT2D eigenvalue weighted by molar-refractivity contribution is 7.96. The average Bonchev–Trinajstić information content (AvgIpc) is 2.93. The van der Waals surface area contributed by atoms with Gasteiger partial charge in [-0.05, 0) is 44.4 Å². The second kappa shape index (κ2) is 10.8. The first-order chi connectivity index (χ1) is 18.0. The number of rotatable bonds is 6. The summed E-state index contributed by atoms with van der Waals surface area (Å²) >= 11 is 1.78. The van der Waals surface area contributed by atoms with Gasteiger partial charge >= 0.3 is 0 Å². The zero-order chi connectivity index (χ0) is 25.9. The molecule has 2 aliphatic heterocycles. The molecule has 0 saturated carbocycles. The Balaban J connectivity index is 1.40. The van der Waals surface area contributed by atoms with Gasteiger partial charge in [0.1, 0.15) is 18.5 Å². The summed E-state index contributed by atoms with van der Waals surface area (Å²) in [5.74, 6) is 0.607. The molecule has 0 unspecified atom stereocenters. The molecule has 0 bridgehead atoms. The topological polar surface area (TPSA) is 93.4 Å². The summed E-state index contributed by atoms with van der Waals surface area (Å²) in [6.45, 7) is 9.10. The van der Waals surface area contributed by atoms with Crippen LogP contribution in [0.3, 0.4) is 0 Å². The molecule has 9 nitrogen and oxygen atoms in total. The Morgan fingerprint density at radius 2 is 1.92 bits per heavy atom. The summed E-state index contributed by atoms with van der Waals surface area (Å²) in [6.07, 6.45) is 5.38. The molecule has 0 amide bonds. The van der Waals surface area contributed by atoms with Gasteiger partial charge in [0.2, 0.25) is 5.95 Å². The van der Waals surface area contributed by atoms with Crippen molar-refractivity contribution in [2.75, 3.05) is 60.7 Å². The largest absolute Gasteiger partial charge is 0.486 e. The van der Waals surface area contributed by atoms with Gasteiger partial charge in [-0.1, -0.05) is 11.9 Å². The fourth-order valence-corrected chi connectivity index (χ4v) is 5.14. The monoisotopic (exact) mass is 520 g/mol. The molecule has 1 fully saturated rings. The van der Waals surface area contributed by atoms with Crippen molar-refractivity contribution in [3.05, 3.63) is 48.0 Å². The van der Waals surface area contributed by atoms with Gasteiger partial charge in [0.15, 0.2) is 11.6 Å². The number of piperazine rings is 1. The normalized spacial score (nSPS) is 15.8. The lowest BCUT2D eigenvalue weighted by atomic mass is 10.0. The number of hydrogen-bond donors (Lipinski definition) is 1. The Kier molecular flexibility index (Phi) is 7.30. The summed E-state index contributed by atoms with van der Waals surface area (Å²) in [4.78, 5) is 17.8. The van der Waals surface area contributed by atoms with Crippen LogP contribution >= 0.6 is 11.9 Å². The van der Waals surface area contributed by atoms with E-state index in [-0.39, 0.29) is 23.3 Å². The van der Waals surface area contributed by atoms with E-state index < -0.39 is 5.82 Å². The number of nitrogens with one attached hydrogen (secondary N) is 1. The van der Waals surface area contributed by atoms with E-state index in [0.717, 1.165) is 31.9 Å². The minimum atomic E-state index is -0.481. The molecule has 11 heteroatoms. The molecule has 1 N–H and O–H groups in total. The van der Waals surface area contributed by atoms with Crippen LogP contribution in [0.25, 0.3) is 11.3 Å². The lowest BCUT2D eigenvalue weighted by molar-refractivity contribution is 0.287. The highest BCUT2D eigenvalue weighted by atomic mass is 32.2. The van der Waals surface area contributed by atoms with Crippen LogP contribution in [-0.4, -0.2) is 70.9 Å².